The summed E-state index contributed by atoms with van der Waals surface area (Å²) in [6.07, 6.45) is -0.454. The van der Waals surface area contributed by atoms with E-state index in [2.05, 4.69) is 0 Å². The molecule has 0 spiro atoms. The fraction of sp³-hybridized carbons (Fsp3) is 0.286. The van der Waals surface area contributed by atoms with Crippen molar-refractivity contribution in [1.82, 2.24) is 0 Å². The molecule has 0 aromatic heterocycles. The first kappa shape index (κ1) is 27.9. The number of carbonyl (C=O) groups excluding carboxylic acids is 1. The lowest BCUT2D eigenvalue weighted by atomic mass is 9.79. The maximum atomic E-state index is 13.6. The number of rotatable bonds is 13. The Morgan fingerprint density at radius 1 is 0.575 bits per heavy atom. The van der Waals surface area contributed by atoms with E-state index >= 15 is 0 Å². The Morgan fingerprint density at radius 3 is 1.55 bits per heavy atom. The van der Waals surface area contributed by atoms with Gasteiger partial charge in [-0.3, -0.25) is 4.79 Å². The molecule has 0 amide bonds. The van der Waals surface area contributed by atoms with Gasteiger partial charge >= 0.3 is 0 Å². The van der Waals surface area contributed by atoms with E-state index in [1.807, 2.05) is 121 Å². The number of Topliss-reactive ketones (excluding diaryl/α,β-unsaturated/α-hetero) is 1. The normalized spacial score (nSPS) is 20.9. The molecule has 206 valence electrons. The minimum atomic E-state index is -0.955. The number of ketones is 1. The minimum Gasteiger partial charge on any atom is -0.374 e. The van der Waals surface area contributed by atoms with E-state index in [0.717, 1.165) is 22.3 Å². The number of hydrogen-bond donors (Lipinski definition) is 0. The van der Waals surface area contributed by atoms with Crippen LogP contribution in [0.4, 0.5) is 0 Å². The van der Waals surface area contributed by atoms with E-state index in [4.69, 9.17) is 18.9 Å². The molecule has 1 aliphatic carbocycles. The van der Waals surface area contributed by atoms with Gasteiger partial charge < -0.3 is 18.9 Å². The lowest BCUT2D eigenvalue weighted by Crippen LogP contribution is -2.58. The summed E-state index contributed by atoms with van der Waals surface area (Å²) in [5.74, 6) is 0.00636. The van der Waals surface area contributed by atoms with Crippen LogP contribution in [0.15, 0.2) is 121 Å². The second-order valence-electron chi connectivity index (χ2n) is 10.3. The molecule has 0 N–H and O–H groups in total. The van der Waals surface area contributed by atoms with Crippen LogP contribution in [-0.2, 0) is 50.2 Å². The van der Waals surface area contributed by atoms with Gasteiger partial charge in [0.1, 0.15) is 11.7 Å². The fourth-order valence-corrected chi connectivity index (χ4v) is 5.03. The Hall–Kier alpha value is -3.61. The predicted molar refractivity (Wildman–Crippen MR) is 154 cm³/mol. The van der Waals surface area contributed by atoms with E-state index in [-0.39, 0.29) is 18.8 Å². The van der Waals surface area contributed by atoms with E-state index in [1.165, 1.54) is 0 Å². The third-order valence-electron chi connectivity index (χ3n) is 7.26. The number of hydrogen-bond acceptors (Lipinski definition) is 5. The van der Waals surface area contributed by atoms with Crippen LogP contribution in [-0.4, -0.2) is 30.2 Å². The maximum Gasteiger partial charge on any atom is 0.164 e. The number of ether oxygens (including phenoxy) is 4. The Kier molecular flexibility index (Phi) is 9.88. The molecule has 4 aromatic rings. The van der Waals surface area contributed by atoms with Crippen molar-refractivity contribution < 1.29 is 23.7 Å². The summed E-state index contributed by atoms with van der Waals surface area (Å²) in [6, 6.07) is 40.0. The average Bonchev–Trinajstić information content (AvgIpc) is 3.01. The van der Waals surface area contributed by atoms with Gasteiger partial charge in [0.2, 0.25) is 0 Å². The van der Waals surface area contributed by atoms with Gasteiger partial charge in [-0.2, -0.15) is 0 Å². The molecule has 0 bridgehead atoms. The van der Waals surface area contributed by atoms with Gasteiger partial charge in [-0.15, -0.1) is 0 Å². The lowest BCUT2D eigenvalue weighted by Gasteiger charge is -2.45. The molecule has 3 unspecified atom stereocenters. The van der Waals surface area contributed by atoms with E-state index in [0.29, 0.717) is 32.8 Å². The van der Waals surface area contributed by atoms with Gasteiger partial charge in [0, 0.05) is 12.8 Å². The molecule has 5 heteroatoms. The van der Waals surface area contributed by atoms with Crippen LogP contribution in [0.5, 0.6) is 0 Å². The molecule has 4 aromatic carbocycles. The van der Waals surface area contributed by atoms with Crippen LogP contribution < -0.4 is 0 Å². The summed E-state index contributed by atoms with van der Waals surface area (Å²) in [5, 5.41) is 0. The minimum absolute atomic E-state index is 0.00636. The standard InChI is InChI=1S/C35H36O5/c36-32-22-35(40-26-31-19-11-4-12-20-31,27-37-23-28-13-5-1-6-14-28)34(39-25-30-17-9-3-10-18-30)21-33(32)38-24-29-15-7-2-8-16-29/h1-20,33-34H,21-27H2. The summed E-state index contributed by atoms with van der Waals surface area (Å²) in [6.45, 7) is 1.77. The quantitative estimate of drug-likeness (QED) is 0.191. The first-order valence-corrected chi connectivity index (χ1v) is 13.8. The third-order valence-corrected chi connectivity index (χ3v) is 7.26. The van der Waals surface area contributed by atoms with Crippen molar-refractivity contribution >= 4 is 5.78 Å². The highest BCUT2D eigenvalue weighted by atomic mass is 16.6. The maximum absolute atomic E-state index is 13.6. The molecule has 1 fully saturated rings. The van der Waals surface area contributed by atoms with E-state index < -0.39 is 17.8 Å². The second-order valence-corrected chi connectivity index (χ2v) is 10.3. The molecule has 5 rings (SSSR count). The highest BCUT2D eigenvalue weighted by Crippen LogP contribution is 2.36. The average molecular weight is 537 g/mol. The summed E-state index contributed by atoms with van der Waals surface area (Å²) in [7, 11) is 0. The second kappa shape index (κ2) is 14.1. The van der Waals surface area contributed by atoms with E-state index in [9.17, 15) is 4.79 Å². The summed E-state index contributed by atoms with van der Waals surface area (Å²) in [4.78, 5) is 13.6. The monoisotopic (exact) mass is 536 g/mol. The van der Waals surface area contributed by atoms with Crippen LogP contribution in [0.1, 0.15) is 35.1 Å². The zero-order valence-electron chi connectivity index (χ0n) is 22.7. The molecule has 0 saturated heterocycles. The molecule has 0 aliphatic heterocycles. The molecule has 0 radical (unpaired) electrons. The Bertz CT molecular complexity index is 1300. The smallest absolute Gasteiger partial charge is 0.164 e. The molecule has 0 heterocycles. The van der Waals surface area contributed by atoms with Crippen LogP contribution >= 0.6 is 0 Å². The van der Waals surface area contributed by atoms with Crippen molar-refractivity contribution in [3.05, 3.63) is 144 Å². The highest BCUT2D eigenvalue weighted by Gasteiger charge is 2.50. The molecule has 3 atom stereocenters. The van der Waals surface area contributed by atoms with Crippen molar-refractivity contribution in [3.8, 4) is 0 Å². The van der Waals surface area contributed by atoms with Crippen LogP contribution in [0.3, 0.4) is 0 Å². The van der Waals surface area contributed by atoms with Gasteiger partial charge in [-0.1, -0.05) is 121 Å². The molecule has 1 saturated carbocycles. The van der Waals surface area contributed by atoms with Gasteiger partial charge in [-0.25, -0.2) is 0 Å². The van der Waals surface area contributed by atoms with E-state index in [1.54, 1.807) is 0 Å². The molecule has 40 heavy (non-hydrogen) atoms. The van der Waals surface area contributed by atoms with Crippen molar-refractivity contribution in [2.75, 3.05) is 6.61 Å². The zero-order valence-corrected chi connectivity index (χ0v) is 22.7. The Morgan fingerprint density at radius 2 is 1.02 bits per heavy atom. The van der Waals surface area contributed by atoms with Gasteiger partial charge in [0.15, 0.2) is 5.78 Å². The fourth-order valence-electron chi connectivity index (χ4n) is 5.03. The van der Waals surface area contributed by atoms with Gasteiger partial charge in [-0.05, 0) is 22.3 Å². The summed E-state index contributed by atoms with van der Waals surface area (Å²) in [5.41, 5.74) is 3.22. The first-order valence-electron chi connectivity index (χ1n) is 13.8. The SMILES string of the molecule is O=C1CC(COCc2ccccc2)(OCc2ccccc2)C(OCc2ccccc2)CC1OCc1ccccc1. The lowest BCUT2D eigenvalue weighted by molar-refractivity contribution is -0.215. The van der Waals surface area contributed by atoms with Crippen molar-refractivity contribution in [2.45, 2.75) is 57.1 Å². The van der Waals surface area contributed by atoms with Crippen molar-refractivity contribution in [1.29, 1.82) is 0 Å². The molecule has 1 aliphatic rings. The van der Waals surface area contributed by atoms with Crippen LogP contribution in [0.2, 0.25) is 0 Å². The largest absolute Gasteiger partial charge is 0.374 e. The highest BCUT2D eigenvalue weighted by molar-refractivity contribution is 5.85. The van der Waals surface area contributed by atoms with Crippen molar-refractivity contribution in [3.63, 3.8) is 0 Å². The zero-order chi connectivity index (χ0) is 27.5. The van der Waals surface area contributed by atoms with Crippen LogP contribution in [0, 0.1) is 0 Å². The third kappa shape index (κ3) is 7.74. The van der Waals surface area contributed by atoms with Crippen molar-refractivity contribution in [2.24, 2.45) is 0 Å². The predicted octanol–water partition coefficient (Wildman–Crippen LogP) is 6.69. The first-order chi connectivity index (χ1) is 19.7. The Labute approximate surface area is 236 Å². The number of carbonyl (C=O) groups is 1. The molecular formula is C35H36O5. The molecule has 5 nitrogen and oxygen atoms in total. The van der Waals surface area contributed by atoms with Gasteiger partial charge in [0.05, 0.1) is 39.1 Å². The van der Waals surface area contributed by atoms with Crippen LogP contribution in [0.25, 0.3) is 0 Å². The summed E-state index contributed by atoms with van der Waals surface area (Å²) < 4.78 is 25.6. The molecular weight excluding hydrogens is 500 g/mol. The Balaban J connectivity index is 1.37. The summed E-state index contributed by atoms with van der Waals surface area (Å²) >= 11 is 0. The van der Waals surface area contributed by atoms with Gasteiger partial charge in [0.25, 0.3) is 0 Å². The number of benzene rings is 4. The topological polar surface area (TPSA) is 54.0 Å².